The van der Waals surface area contributed by atoms with Gasteiger partial charge in [-0.3, -0.25) is 9.89 Å². The summed E-state index contributed by atoms with van der Waals surface area (Å²) in [6.45, 7) is 0.536. The molecule has 1 aromatic heterocycles. The summed E-state index contributed by atoms with van der Waals surface area (Å²) in [6.07, 6.45) is 4.09. The number of aromatic amines is 1. The van der Waals surface area contributed by atoms with Gasteiger partial charge < -0.3 is 11.1 Å². The average Bonchev–Trinajstić information content (AvgIpc) is 3.12. The minimum Gasteiger partial charge on any atom is -0.350 e. The number of H-pyrrole nitrogens is 1. The summed E-state index contributed by atoms with van der Waals surface area (Å²) in [5.41, 5.74) is 7.35. The molecule has 3 rings (SSSR count). The fourth-order valence-corrected chi connectivity index (χ4v) is 2.15. The SMILES string of the molecule is NC(CNC(=O)c1cccc2cn[nH]c12)C1CC1. The van der Waals surface area contributed by atoms with E-state index >= 15 is 0 Å². The zero-order valence-corrected chi connectivity index (χ0v) is 10.0. The number of nitrogens with zero attached hydrogens (tertiary/aromatic N) is 1. The second kappa shape index (κ2) is 4.42. The van der Waals surface area contributed by atoms with Gasteiger partial charge in [-0.25, -0.2) is 0 Å². The van der Waals surface area contributed by atoms with Crippen LogP contribution in [-0.4, -0.2) is 28.7 Å². The molecule has 4 N–H and O–H groups in total. The summed E-state index contributed by atoms with van der Waals surface area (Å²) < 4.78 is 0. The summed E-state index contributed by atoms with van der Waals surface area (Å²) in [6, 6.07) is 5.65. The van der Waals surface area contributed by atoms with Gasteiger partial charge in [-0.1, -0.05) is 12.1 Å². The molecule has 0 spiro atoms. The van der Waals surface area contributed by atoms with Crippen molar-refractivity contribution in [2.24, 2.45) is 11.7 Å². The fraction of sp³-hybridized carbons (Fsp3) is 0.385. The lowest BCUT2D eigenvalue weighted by molar-refractivity contribution is 0.0952. The Bertz CT molecular complexity index is 573. The van der Waals surface area contributed by atoms with Crippen LogP contribution in [0.15, 0.2) is 24.4 Å². The van der Waals surface area contributed by atoms with Crippen molar-refractivity contribution in [3.8, 4) is 0 Å². The monoisotopic (exact) mass is 244 g/mol. The van der Waals surface area contributed by atoms with E-state index in [1.165, 1.54) is 12.8 Å². The second-order valence-corrected chi connectivity index (χ2v) is 4.85. The third kappa shape index (κ3) is 2.09. The highest BCUT2D eigenvalue weighted by Gasteiger charge is 2.28. The van der Waals surface area contributed by atoms with Crippen LogP contribution in [0.4, 0.5) is 0 Å². The number of nitrogens with one attached hydrogen (secondary N) is 2. The summed E-state index contributed by atoms with van der Waals surface area (Å²) in [7, 11) is 0. The van der Waals surface area contributed by atoms with E-state index < -0.39 is 0 Å². The molecule has 0 saturated heterocycles. The van der Waals surface area contributed by atoms with Crippen molar-refractivity contribution in [1.82, 2.24) is 15.5 Å². The zero-order chi connectivity index (χ0) is 12.5. The van der Waals surface area contributed by atoms with Crippen molar-refractivity contribution >= 4 is 16.8 Å². The molecule has 94 valence electrons. The van der Waals surface area contributed by atoms with Gasteiger partial charge in [0.25, 0.3) is 5.91 Å². The van der Waals surface area contributed by atoms with Gasteiger partial charge in [0.15, 0.2) is 0 Å². The molecule has 1 heterocycles. The first-order chi connectivity index (χ1) is 8.75. The molecule has 0 aliphatic heterocycles. The molecule has 1 saturated carbocycles. The molecule has 0 radical (unpaired) electrons. The van der Waals surface area contributed by atoms with Gasteiger partial charge in [-0.2, -0.15) is 5.10 Å². The molecule has 18 heavy (non-hydrogen) atoms. The first kappa shape index (κ1) is 11.2. The summed E-state index contributed by atoms with van der Waals surface area (Å²) >= 11 is 0. The maximum absolute atomic E-state index is 12.1. The first-order valence-corrected chi connectivity index (χ1v) is 6.21. The lowest BCUT2D eigenvalue weighted by Crippen LogP contribution is -2.38. The molecule has 5 nitrogen and oxygen atoms in total. The van der Waals surface area contributed by atoms with Crippen LogP contribution in [0.3, 0.4) is 0 Å². The van der Waals surface area contributed by atoms with Crippen molar-refractivity contribution in [3.05, 3.63) is 30.0 Å². The Kier molecular flexibility index (Phi) is 2.76. The van der Waals surface area contributed by atoms with Crippen LogP contribution < -0.4 is 11.1 Å². The van der Waals surface area contributed by atoms with Gasteiger partial charge in [0.2, 0.25) is 0 Å². The molecule has 1 atom stereocenters. The zero-order valence-electron chi connectivity index (χ0n) is 10.0. The minimum atomic E-state index is -0.0963. The van der Waals surface area contributed by atoms with Gasteiger partial charge in [-0.15, -0.1) is 0 Å². The van der Waals surface area contributed by atoms with Crippen LogP contribution in [0.1, 0.15) is 23.2 Å². The maximum Gasteiger partial charge on any atom is 0.253 e. The van der Waals surface area contributed by atoms with Crippen molar-refractivity contribution in [3.63, 3.8) is 0 Å². The Morgan fingerprint density at radius 2 is 2.39 bits per heavy atom. The molecule has 1 unspecified atom stereocenters. The van der Waals surface area contributed by atoms with Gasteiger partial charge in [0.1, 0.15) is 0 Å². The van der Waals surface area contributed by atoms with Crippen LogP contribution >= 0.6 is 0 Å². The van der Waals surface area contributed by atoms with Crippen molar-refractivity contribution in [1.29, 1.82) is 0 Å². The molecule has 5 heteroatoms. The maximum atomic E-state index is 12.1. The number of benzene rings is 1. The molecule has 1 fully saturated rings. The largest absolute Gasteiger partial charge is 0.350 e. The Morgan fingerprint density at radius 3 is 3.17 bits per heavy atom. The predicted octanol–water partition coefficient (Wildman–Crippen LogP) is 1.03. The summed E-state index contributed by atoms with van der Waals surface area (Å²) in [4.78, 5) is 12.1. The van der Waals surface area contributed by atoms with E-state index in [1.54, 1.807) is 12.3 Å². The number of para-hydroxylation sites is 1. The van der Waals surface area contributed by atoms with E-state index in [2.05, 4.69) is 15.5 Å². The quantitative estimate of drug-likeness (QED) is 0.751. The van der Waals surface area contributed by atoms with Crippen LogP contribution in [0.5, 0.6) is 0 Å². The smallest absolute Gasteiger partial charge is 0.253 e. The second-order valence-electron chi connectivity index (χ2n) is 4.85. The number of nitrogens with two attached hydrogens (primary N) is 1. The van der Waals surface area contributed by atoms with E-state index in [4.69, 9.17) is 5.73 Å². The number of aromatic nitrogens is 2. The fourth-order valence-electron chi connectivity index (χ4n) is 2.15. The van der Waals surface area contributed by atoms with Gasteiger partial charge in [-0.05, 0) is 24.8 Å². The van der Waals surface area contributed by atoms with E-state index in [1.807, 2.05) is 12.1 Å². The average molecular weight is 244 g/mol. The molecule has 1 aliphatic rings. The number of fused-ring (bicyclic) bond motifs is 1. The van der Waals surface area contributed by atoms with Gasteiger partial charge >= 0.3 is 0 Å². The van der Waals surface area contributed by atoms with Crippen molar-refractivity contribution in [2.75, 3.05) is 6.54 Å². The summed E-state index contributed by atoms with van der Waals surface area (Å²) in [5.74, 6) is 0.495. The topological polar surface area (TPSA) is 83.8 Å². The highest BCUT2D eigenvalue weighted by molar-refractivity contribution is 6.05. The highest BCUT2D eigenvalue weighted by atomic mass is 16.1. The Balaban J connectivity index is 1.73. The van der Waals surface area contributed by atoms with Crippen molar-refractivity contribution in [2.45, 2.75) is 18.9 Å². The Hall–Kier alpha value is -1.88. The Morgan fingerprint density at radius 1 is 1.56 bits per heavy atom. The van der Waals surface area contributed by atoms with Crippen LogP contribution in [0, 0.1) is 5.92 Å². The first-order valence-electron chi connectivity index (χ1n) is 6.21. The molecule has 1 aliphatic carbocycles. The van der Waals surface area contributed by atoms with Gasteiger partial charge in [0, 0.05) is 18.0 Å². The summed E-state index contributed by atoms with van der Waals surface area (Å²) in [5, 5.41) is 10.6. The van der Waals surface area contributed by atoms with Crippen LogP contribution in [0.25, 0.3) is 10.9 Å². The molecule has 1 aromatic carbocycles. The lowest BCUT2D eigenvalue weighted by atomic mass is 10.1. The molecular weight excluding hydrogens is 228 g/mol. The van der Waals surface area contributed by atoms with E-state index in [9.17, 15) is 4.79 Å². The lowest BCUT2D eigenvalue weighted by Gasteiger charge is -2.11. The normalized spacial score (nSPS) is 16.7. The Labute approximate surface area is 105 Å². The number of hydrogen-bond acceptors (Lipinski definition) is 3. The highest BCUT2D eigenvalue weighted by Crippen LogP contribution is 2.31. The molecular formula is C13H16N4O. The molecule has 1 amide bonds. The molecule has 0 bridgehead atoms. The third-order valence-corrected chi connectivity index (χ3v) is 3.45. The van der Waals surface area contributed by atoms with Gasteiger partial charge in [0.05, 0.1) is 17.3 Å². The minimum absolute atomic E-state index is 0.0786. The number of hydrogen-bond donors (Lipinski definition) is 3. The van der Waals surface area contributed by atoms with Crippen molar-refractivity contribution < 1.29 is 4.79 Å². The number of carbonyl (C=O) groups is 1. The van der Waals surface area contributed by atoms with Crippen LogP contribution in [0.2, 0.25) is 0 Å². The van der Waals surface area contributed by atoms with E-state index in [0.29, 0.717) is 18.0 Å². The molecule has 2 aromatic rings. The van der Waals surface area contributed by atoms with E-state index in [0.717, 1.165) is 10.9 Å². The van der Waals surface area contributed by atoms with E-state index in [-0.39, 0.29) is 11.9 Å². The number of carbonyl (C=O) groups excluding carboxylic acids is 1. The number of rotatable bonds is 4. The third-order valence-electron chi connectivity index (χ3n) is 3.45. The predicted molar refractivity (Wildman–Crippen MR) is 69.1 cm³/mol. The number of amides is 1. The standard InChI is InChI=1S/C13H16N4O/c14-11(8-4-5-8)7-15-13(18)10-3-1-2-9-6-16-17-12(9)10/h1-3,6,8,11H,4-5,7,14H2,(H,15,18)(H,16,17). The van der Waals surface area contributed by atoms with Crippen LogP contribution in [-0.2, 0) is 0 Å².